The van der Waals surface area contributed by atoms with E-state index in [0.717, 1.165) is 45.1 Å². The zero-order valence-corrected chi connectivity index (χ0v) is 15.9. The zero-order valence-electron chi connectivity index (χ0n) is 15.1. The SMILES string of the molecule is CCc1nc(SCC(=O)NCC2(N3CCOCC3)CCCCC2)n[nH]1. The Labute approximate surface area is 153 Å². The molecule has 1 aliphatic carbocycles. The van der Waals surface area contributed by atoms with Crippen molar-refractivity contribution in [3.05, 3.63) is 5.82 Å². The Bertz CT molecular complexity index is 553. The van der Waals surface area contributed by atoms with Crippen LogP contribution in [0.4, 0.5) is 0 Å². The molecule has 7 nitrogen and oxygen atoms in total. The third kappa shape index (κ3) is 4.95. The predicted octanol–water partition coefficient (Wildman–Crippen LogP) is 1.61. The molecule has 1 aromatic rings. The van der Waals surface area contributed by atoms with Crippen molar-refractivity contribution in [3.8, 4) is 0 Å². The number of morpholine rings is 1. The number of nitrogens with zero attached hydrogens (tertiary/aromatic N) is 3. The van der Waals surface area contributed by atoms with Crippen LogP contribution in [0, 0.1) is 0 Å². The Hall–Kier alpha value is -1.12. The summed E-state index contributed by atoms with van der Waals surface area (Å²) in [4.78, 5) is 19.2. The number of thioether (sulfide) groups is 1. The molecule has 2 heterocycles. The number of ether oxygens (including phenoxy) is 1. The number of rotatable bonds is 7. The number of aryl methyl sites for hydroxylation is 1. The molecule has 0 bridgehead atoms. The molecule has 8 heteroatoms. The summed E-state index contributed by atoms with van der Waals surface area (Å²) in [6, 6.07) is 0. The van der Waals surface area contributed by atoms with Crippen molar-refractivity contribution in [1.29, 1.82) is 0 Å². The van der Waals surface area contributed by atoms with Gasteiger partial charge in [0.1, 0.15) is 5.82 Å². The Morgan fingerprint density at radius 2 is 2.08 bits per heavy atom. The van der Waals surface area contributed by atoms with E-state index in [4.69, 9.17) is 4.74 Å². The molecule has 0 aromatic carbocycles. The van der Waals surface area contributed by atoms with Gasteiger partial charge in [-0.3, -0.25) is 14.8 Å². The van der Waals surface area contributed by atoms with Crippen molar-refractivity contribution >= 4 is 17.7 Å². The molecule has 1 saturated heterocycles. The molecule has 1 saturated carbocycles. The van der Waals surface area contributed by atoms with Gasteiger partial charge >= 0.3 is 0 Å². The highest BCUT2D eigenvalue weighted by atomic mass is 32.2. The van der Waals surface area contributed by atoms with Crippen molar-refractivity contribution in [3.63, 3.8) is 0 Å². The largest absolute Gasteiger partial charge is 0.379 e. The molecule has 2 fully saturated rings. The lowest BCUT2D eigenvalue weighted by Gasteiger charge is -2.48. The van der Waals surface area contributed by atoms with Gasteiger partial charge in [0.25, 0.3) is 0 Å². The van der Waals surface area contributed by atoms with E-state index in [2.05, 4.69) is 25.4 Å². The summed E-state index contributed by atoms with van der Waals surface area (Å²) in [5.41, 5.74) is 0.113. The standard InChI is InChI=1S/C17H29N5O2S/c1-2-14-19-16(21-20-14)25-12-15(23)18-13-17(6-4-3-5-7-17)22-8-10-24-11-9-22/h2-13H2,1H3,(H,18,23)(H,19,20,21). The fourth-order valence-corrected chi connectivity index (χ4v) is 4.44. The van der Waals surface area contributed by atoms with Gasteiger partial charge in [0.05, 0.1) is 19.0 Å². The van der Waals surface area contributed by atoms with Gasteiger partial charge in [0.2, 0.25) is 11.1 Å². The van der Waals surface area contributed by atoms with Crippen LogP contribution in [-0.2, 0) is 16.0 Å². The lowest BCUT2D eigenvalue weighted by molar-refractivity contribution is -0.119. The van der Waals surface area contributed by atoms with Gasteiger partial charge in [-0.1, -0.05) is 37.9 Å². The minimum Gasteiger partial charge on any atom is -0.379 e. The Kier molecular flexibility index (Phi) is 6.72. The molecule has 0 spiro atoms. The number of amides is 1. The van der Waals surface area contributed by atoms with Gasteiger partial charge < -0.3 is 10.1 Å². The molecule has 0 radical (unpaired) electrons. The number of nitrogens with one attached hydrogen (secondary N) is 2. The number of H-pyrrole nitrogens is 1. The van der Waals surface area contributed by atoms with Crippen molar-refractivity contribution in [2.75, 3.05) is 38.6 Å². The molecule has 1 aliphatic heterocycles. The van der Waals surface area contributed by atoms with Gasteiger partial charge in [0, 0.05) is 31.6 Å². The average Bonchev–Trinajstić information content (AvgIpc) is 3.14. The summed E-state index contributed by atoms with van der Waals surface area (Å²) in [7, 11) is 0. The van der Waals surface area contributed by atoms with E-state index in [1.807, 2.05) is 6.92 Å². The highest BCUT2D eigenvalue weighted by molar-refractivity contribution is 7.99. The monoisotopic (exact) mass is 367 g/mol. The van der Waals surface area contributed by atoms with Crippen molar-refractivity contribution in [1.82, 2.24) is 25.4 Å². The summed E-state index contributed by atoms with van der Waals surface area (Å²) < 4.78 is 5.51. The summed E-state index contributed by atoms with van der Waals surface area (Å²) in [5.74, 6) is 1.28. The minimum atomic E-state index is 0.0612. The molecule has 3 rings (SSSR count). The van der Waals surface area contributed by atoms with Crippen LogP contribution in [0.15, 0.2) is 5.16 Å². The summed E-state index contributed by atoms with van der Waals surface area (Å²) >= 11 is 1.39. The molecular weight excluding hydrogens is 338 g/mol. The van der Waals surface area contributed by atoms with Crippen molar-refractivity contribution in [2.45, 2.75) is 56.1 Å². The van der Waals surface area contributed by atoms with Crippen LogP contribution in [0.25, 0.3) is 0 Å². The first kappa shape index (κ1) is 18.7. The lowest BCUT2D eigenvalue weighted by Crippen LogP contribution is -2.59. The quantitative estimate of drug-likeness (QED) is 0.713. The molecule has 140 valence electrons. The molecule has 25 heavy (non-hydrogen) atoms. The lowest BCUT2D eigenvalue weighted by atomic mass is 9.79. The fraction of sp³-hybridized carbons (Fsp3) is 0.824. The number of carbonyl (C=O) groups excluding carboxylic acids is 1. The highest BCUT2D eigenvalue weighted by Gasteiger charge is 2.38. The minimum absolute atomic E-state index is 0.0612. The van der Waals surface area contributed by atoms with Crippen LogP contribution in [-0.4, -0.2) is 70.1 Å². The average molecular weight is 368 g/mol. The summed E-state index contributed by atoms with van der Waals surface area (Å²) in [6.07, 6.45) is 6.96. The second-order valence-electron chi connectivity index (χ2n) is 6.87. The van der Waals surface area contributed by atoms with E-state index in [9.17, 15) is 4.79 Å². The van der Waals surface area contributed by atoms with Gasteiger partial charge in [-0.15, -0.1) is 5.10 Å². The topological polar surface area (TPSA) is 83.1 Å². The Morgan fingerprint density at radius 3 is 2.76 bits per heavy atom. The van der Waals surface area contributed by atoms with Crippen molar-refractivity contribution in [2.24, 2.45) is 0 Å². The van der Waals surface area contributed by atoms with Crippen LogP contribution in [0.3, 0.4) is 0 Å². The van der Waals surface area contributed by atoms with E-state index >= 15 is 0 Å². The van der Waals surface area contributed by atoms with Crippen LogP contribution in [0.5, 0.6) is 0 Å². The number of aromatic nitrogens is 3. The second kappa shape index (κ2) is 9.00. The molecule has 2 N–H and O–H groups in total. The molecule has 1 amide bonds. The Balaban J connectivity index is 1.50. The maximum Gasteiger partial charge on any atom is 0.230 e. The summed E-state index contributed by atoms with van der Waals surface area (Å²) in [5, 5.41) is 10.8. The second-order valence-corrected chi connectivity index (χ2v) is 7.81. The molecule has 0 atom stereocenters. The first-order chi connectivity index (χ1) is 12.2. The smallest absolute Gasteiger partial charge is 0.230 e. The molecular formula is C17H29N5O2S. The molecule has 0 unspecified atom stereocenters. The van der Waals surface area contributed by atoms with Gasteiger partial charge in [0.15, 0.2) is 0 Å². The molecule has 2 aliphatic rings. The van der Waals surface area contributed by atoms with Gasteiger partial charge in [-0.2, -0.15) is 0 Å². The maximum absolute atomic E-state index is 12.3. The van der Waals surface area contributed by atoms with E-state index < -0.39 is 0 Å². The Morgan fingerprint density at radius 1 is 1.32 bits per heavy atom. The third-order valence-electron chi connectivity index (χ3n) is 5.26. The molecule has 1 aromatic heterocycles. The van der Waals surface area contributed by atoms with Gasteiger partial charge in [-0.05, 0) is 12.8 Å². The van der Waals surface area contributed by atoms with Crippen LogP contribution >= 0.6 is 11.8 Å². The fourth-order valence-electron chi connectivity index (χ4n) is 3.80. The van der Waals surface area contributed by atoms with Gasteiger partial charge in [-0.25, -0.2) is 4.98 Å². The third-order valence-corrected chi connectivity index (χ3v) is 6.11. The number of aromatic amines is 1. The highest BCUT2D eigenvalue weighted by Crippen LogP contribution is 2.33. The van der Waals surface area contributed by atoms with Crippen molar-refractivity contribution < 1.29 is 9.53 Å². The van der Waals surface area contributed by atoms with E-state index in [1.165, 1.54) is 43.9 Å². The van der Waals surface area contributed by atoms with E-state index in [0.29, 0.717) is 10.9 Å². The number of hydrogen-bond donors (Lipinski definition) is 2. The first-order valence-corrected chi connectivity index (χ1v) is 10.3. The maximum atomic E-state index is 12.3. The zero-order chi connectivity index (χ0) is 17.5. The van der Waals surface area contributed by atoms with E-state index in [1.54, 1.807) is 0 Å². The summed E-state index contributed by atoms with van der Waals surface area (Å²) in [6.45, 7) is 6.31. The van der Waals surface area contributed by atoms with Crippen LogP contribution in [0.1, 0.15) is 44.9 Å². The number of hydrogen-bond acceptors (Lipinski definition) is 6. The normalized spacial score (nSPS) is 21.2. The van der Waals surface area contributed by atoms with E-state index in [-0.39, 0.29) is 11.4 Å². The number of carbonyl (C=O) groups is 1. The van der Waals surface area contributed by atoms with Crippen LogP contribution in [0.2, 0.25) is 0 Å². The first-order valence-electron chi connectivity index (χ1n) is 9.35. The van der Waals surface area contributed by atoms with Crippen LogP contribution < -0.4 is 5.32 Å². The predicted molar refractivity (Wildman–Crippen MR) is 97.7 cm³/mol.